The van der Waals surface area contributed by atoms with Crippen molar-refractivity contribution in [2.75, 3.05) is 0 Å². The summed E-state index contributed by atoms with van der Waals surface area (Å²) in [5.74, 6) is 4.66. The molecule has 0 fully saturated rings. The monoisotopic (exact) mass is 520 g/mol. The highest BCUT2D eigenvalue weighted by atomic mass is 32.1. The molecule has 3 rings (SSSR count). The first-order valence-corrected chi connectivity index (χ1v) is 15.4. The van der Waals surface area contributed by atoms with E-state index in [0.29, 0.717) is 5.56 Å². The Morgan fingerprint density at radius 1 is 1.06 bits per heavy atom. The summed E-state index contributed by atoms with van der Waals surface area (Å²) >= 11 is 1.57. The standard InChI is InChI=1S/C28H32N2O4SSi/c1-19(34-36(5,6)28(2,3)4)25(27(32)33)30-26(31)21-13-10-20(11-14-21)12-15-22-16-17-24(35-22)23-9-7-8-18-29-23/h7-11,13-14,16-19,25H,1-6H3,(H,30,31)(H,32,33)/t19-,25+/m1/s1. The maximum Gasteiger partial charge on any atom is 0.328 e. The largest absolute Gasteiger partial charge is 0.480 e. The predicted octanol–water partition coefficient (Wildman–Crippen LogP) is 5.80. The van der Waals surface area contributed by atoms with Gasteiger partial charge in [-0.3, -0.25) is 9.78 Å². The molecule has 0 saturated carbocycles. The topological polar surface area (TPSA) is 88.5 Å². The number of carboxylic acids is 1. The zero-order valence-electron chi connectivity index (χ0n) is 21.5. The second kappa shape index (κ2) is 11.2. The number of amides is 1. The van der Waals surface area contributed by atoms with E-state index in [2.05, 4.69) is 56.0 Å². The Morgan fingerprint density at radius 2 is 1.75 bits per heavy atom. The van der Waals surface area contributed by atoms with E-state index in [9.17, 15) is 14.7 Å². The average Bonchev–Trinajstić information content (AvgIpc) is 3.30. The molecular weight excluding hydrogens is 488 g/mol. The summed E-state index contributed by atoms with van der Waals surface area (Å²) in [6, 6.07) is 15.4. The van der Waals surface area contributed by atoms with Crippen molar-refractivity contribution in [3.8, 4) is 22.4 Å². The molecule has 0 spiro atoms. The lowest BCUT2D eigenvalue weighted by Crippen LogP contribution is -2.53. The molecule has 2 N–H and O–H groups in total. The SMILES string of the molecule is C[C@@H](O[Si](C)(C)C(C)(C)C)[C@H](NC(=O)c1ccc(C#Cc2ccc(-c3ccccn3)s2)cc1)C(=O)O. The molecule has 188 valence electrons. The number of nitrogens with one attached hydrogen (secondary N) is 1. The van der Waals surface area contributed by atoms with E-state index in [0.717, 1.165) is 21.0 Å². The van der Waals surface area contributed by atoms with Crippen LogP contribution in [0.2, 0.25) is 18.1 Å². The fourth-order valence-corrected chi connectivity index (χ4v) is 5.46. The van der Waals surface area contributed by atoms with Gasteiger partial charge in [-0.1, -0.05) is 38.7 Å². The van der Waals surface area contributed by atoms with E-state index in [4.69, 9.17) is 4.43 Å². The van der Waals surface area contributed by atoms with Crippen molar-refractivity contribution >= 4 is 31.5 Å². The molecule has 36 heavy (non-hydrogen) atoms. The maximum absolute atomic E-state index is 12.8. The highest BCUT2D eigenvalue weighted by molar-refractivity contribution is 7.16. The third-order valence-electron chi connectivity index (χ3n) is 6.31. The molecule has 2 atom stereocenters. The lowest BCUT2D eigenvalue weighted by Gasteiger charge is -2.39. The van der Waals surface area contributed by atoms with E-state index in [1.807, 2.05) is 30.3 Å². The highest BCUT2D eigenvalue weighted by Gasteiger charge is 2.41. The summed E-state index contributed by atoms with van der Waals surface area (Å²) < 4.78 is 6.21. The summed E-state index contributed by atoms with van der Waals surface area (Å²) in [7, 11) is -2.20. The normalized spacial score (nSPS) is 13.3. The number of hydrogen-bond acceptors (Lipinski definition) is 5. The van der Waals surface area contributed by atoms with E-state index >= 15 is 0 Å². The van der Waals surface area contributed by atoms with Gasteiger partial charge in [-0.15, -0.1) is 11.3 Å². The highest BCUT2D eigenvalue weighted by Crippen LogP contribution is 2.37. The number of rotatable bonds is 7. The van der Waals surface area contributed by atoms with E-state index in [-0.39, 0.29) is 5.04 Å². The number of carbonyl (C=O) groups is 2. The zero-order valence-corrected chi connectivity index (χ0v) is 23.3. The fourth-order valence-electron chi connectivity index (χ4n) is 3.20. The molecule has 8 heteroatoms. The van der Waals surface area contributed by atoms with Crippen LogP contribution in [0.25, 0.3) is 10.6 Å². The molecule has 6 nitrogen and oxygen atoms in total. The van der Waals surface area contributed by atoms with Crippen LogP contribution in [0.1, 0.15) is 48.5 Å². The third kappa shape index (κ3) is 6.91. The summed E-state index contributed by atoms with van der Waals surface area (Å²) in [6.07, 6.45) is 1.10. The molecule has 0 saturated heterocycles. The fraction of sp³-hybridized carbons (Fsp3) is 0.321. The van der Waals surface area contributed by atoms with Gasteiger partial charge in [0.15, 0.2) is 14.4 Å². The molecule has 0 radical (unpaired) electrons. The Balaban J connectivity index is 1.66. The van der Waals surface area contributed by atoms with Crippen LogP contribution in [0.15, 0.2) is 60.8 Å². The Labute approximate surface area is 217 Å². The van der Waals surface area contributed by atoms with Crippen molar-refractivity contribution in [1.82, 2.24) is 10.3 Å². The Bertz CT molecular complexity index is 1270. The summed E-state index contributed by atoms with van der Waals surface area (Å²) in [5.41, 5.74) is 2.03. The minimum absolute atomic E-state index is 0.0751. The van der Waals surface area contributed by atoms with Gasteiger partial charge in [0, 0.05) is 17.3 Å². The van der Waals surface area contributed by atoms with Gasteiger partial charge in [0.25, 0.3) is 5.91 Å². The first-order valence-electron chi connectivity index (χ1n) is 11.7. The van der Waals surface area contributed by atoms with Crippen LogP contribution in [-0.2, 0) is 9.22 Å². The van der Waals surface area contributed by atoms with Gasteiger partial charge in [0.05, 0.1) is 21.6 Å². The van der Waals surface area contributed by atoms with Crippen molar-refractivity contribution < 1.29 is 19.1 Å². The maximum atomic E-state index is 12.8. The van der Waals surface area contributed by atoms with Gasteiger partial charge in [-0.05, 0) is 73.6 Å². The molecular formula is C28H32N2O4SSi. The van der Waals surface area contributed by atoms with Crippen molar-refractivity contribution in [1.29, 1.82) is 0 Å². The number of carboxylic acid groups (broad SMARTS) is 1. The van der Waals surface area contributed by atoms with Crippen LogP contribution in [0.3, 0.4) is 0 Å². The Hall–Kier alpha value is -3.25. The quantitative estimate of drug-likeness (QED) is 0.303. The number of carbonyl (C=O) groups excluding carboxylic acids is 1. The number of pyridine rings is 1. The number of aromatic nitrogens is 1. The van der Waals surface area contributed by atoms with Gasteiger partial charge < -0.3 is 14.8 Å². The summed E-state index contributed by atoms with van der Waals surface area (Å²) in [4.78, 5) is 31.0. The molecule has 0 aliphatic carbocycles. The van der Waals surface area contributed by atoms with Gasteiger partial charge in [-0.25, -0.2) is 4.79 Å². The second-order valence-corrected chi connectivity index (χ2v) is 15.9. The number of aliphatic carboxylic acids is 1. The molecule has 3 aromatic rings. The van der Waals surface area contributed by atoms with E-state index in [1.54, 1.807) is 48.7 Å². The van der Waals surface area contributed by atoms with Crippen LogP contribution < -0.4 is 5.32 Å². The van der Waals surface area contributed by atoms with Crippen molar-refractivity contribution in [3.63, 3.8) is 0 Å². The lowest BCUT2D eigenvalue weighted by molar-refractivity contribution is -0.141. The minimum atomic E-state index is -2.20. The first-order chi connectivity index (χ1) is 16.9. The van der Waals surface area contributed by atoms with Gasteiger partial charge >= 0.3 is 5.97 Å². The second-order valence-electron chi connectivity index (χ2n) is 10.1. The Morgan fingerprint density at radius 3 is 2.33 bits per heavy atom. The molecule has 1 aromatic carbocycles. The number of benzene rings is 1. The third-order valence-corrected chi connectivity index (χ3v) is 11.9. The van der Waals surface area contributed by atoms with Crippen molar-refractivity contribution in [2.24, 2.45) is 0 Å². The number of thiophene rings is 1. The molecule has 0 bridgehead atoms. The van der Waals surface area contributed by atoms with Crippen LogP contribution in [0.5, 0.6) is 0 Å². The number of hydrogen-bond donors (Lipinski definition) is 2. The van der Waals surface area contributed by atoms with Crippen molar-refractivity contribution in [2.45, 2.75) is 58.0 Å². The van der Waals surface area contributed by atoms with Crippen LogP contribution >= 0.6 is 11.3 Å². The number of nitrogens with zero attached hydrogens (tertiary/aromatic N) is 1. The van der Waals surface area contributed by atoms with Gasteiger partial charge in [-0.2, -0.15) is 0 Å². The Kier molecular flexibility index (Phi) is 8.51. The molecule has 1 amide bonds. The van der Waals surface area contributed by atoms with Crippen LogP contribution in [0.4, 0.5) is 0 Å². The van der Waals surface area contributed by atoms with Gasteiger partial charge in [0.2, 0.25) is 0 Å². The minimum Gasteiger partial charge on any atom is -0.480 e. The summed E-state index contributed by atoms with van der Waals surface area (Å²) in [5, 5.41) is 12.3. The lowest BCUT2D eigenvalue weighted by atomic mass is 10.1. The average molecular weight is 521 g/mol. The van der Waals surface area contributed by atoms with E-state index in [1.165, 1.54) is 0 Å². The smallest absolute Gasteiger partial charge is 0.328 e. The zero-order chi connectivity index (χ0) is 26.5. The van der Waals surface area contributed by atoms with Crippen LogP contribution in [0, 0.1) is 11.8 Å². The molecule has 0 aliphatic heterocycles. The predicted molar refractivity (Wildman–Crippen MR) is 147 cm³/mol. The first kappa shape index (κ1) is 27.3. The molecule has 0 unspecified atom stereocenters. The van der Waals surface area contributed by atoms with Gasteiger partial charge in [0.1, 0.15) is 0 Å². The summed E-state index contributed by atoms with van der Waals surface area (Å²) in [6.45, 7) is 12.1. The molecule has 2 aromatic heterocycles. The molecule has 0 aliphatic rings. The van der Waals surface area contributed by atoms with E-state index < -0.39 is 32.3 Å². The van der Waals surface area contributed by atoms with Crippen LogP contribution in [-0.4, -0.2) is 42.4 Å². The van der Waals surface area contributed by atoms with Crippen molar-refractivity contribution in [3.05, 3.63) is 76.8 Å². The molecule has 2 heterocycles.